The molecule has 23 heavy (non-hydrogen) atoms. The van der Waals surface area contributed by atoms with Crippen molar-refractivity contribution in [2.24, 2.45) is 10.8 Å². The first-order valence-corrected chi connectivity index (χ1v) is 7.09. The van der Waals surface area contributed by atoms with Crippen LogP contribution in [0.25, 0.3) is 0 Å². The third kappa shape index (κ3) is 2.73. The number of carbonyl (C=O) groups excluding carboxylic acids is 1. The molecule has 0 radical (unpaired) electrons. The number of nitrogens with zero attached hydrogens (tertiary/aromatic N) is 2. The molecule has 0 atom stereocenters. The lowest BCUT2D eigenvalue weighted by atomic mass is 9.97. The van der Waals surface area contributed by atoms with Gasteiger partial charge in [0.2, 0.25) is 0 Å². The third-order valence-corrected chi connectivity index (χ3v) is 3.79. The van der Waals surface area contributed by atoms with Crippen LogP contribution >= 0.6 is 0 Å². The zero-order valence-electron chi connectivity index (χ0n) is 12.5. The Balaban J connectivity index is 2.20. The largest absolute Gasteiger partial charge is 0.274 e. The van der Waals surface area contributed by atoms with Gasteiger partial charge in [-0.2, -0.15) is 0 Å². The summed E-state index contributed by atoms with van der Waals surface area (Å²) in [7, 11) is 0. The number of benzene rings is 2. The molecule has 2 N–H and O–H groups in total. The van der Waals surface area contributed by atoms with Crippen LogP contribution in [-0.2, 0) is 4.79 Å². The minimum atomic E-state index is -2.56. The van der Waals surface area contributed by atoms with Gasteiger partial charge < -0.3 is 0 Å². The molecule has 1 aliphatic rings. The van der Waals surface area contributed by atoms with Crippen LogP contribution in [0, 0.1) is 6.92 Å². The molecule has 118 valence electrons. The van der Waals surface area contributed by atoms with E-state index in [1.54, 1.807) is 18.2 Å². The normalized spacial score (nSPS) is 14.6. The number of benzodiazepines with no additional fused rings is 1. The third-order valence-electron chi connectivity index (χ3n) is 3.79. The van der Waals surface area contributed by atoms with Crippen LogP contribution in [0.15, 0.2) is 47.5 Å². The first-order valence-electron chi connectivity index (χ1n) is 7.09. The van der Waals surface area contributed by atoms with Crippen LogP contribution in [-0.4, -0.2) is 18.2 Å². The van der Waals surface area contributed by atoms with Crippen molar-refractivity contribution in [2.75, 3.05) is 11.6 Å². The van der Waals surface area contributed by atoms with Gasteiger partial charge in [0.15, 0.2) is 0 Å². The van der Waals surface area contributed by atoms with Crippen molar-refractivity contribution in [3.63, 3.8) is 0 Å². The standard InChI is InChI=1S/C17H15F2N3O/c1-10-4-2-7-13-15(21-9-14(23)22(20)16(10)13)11-5-3-6-12(8-11)17(18)19/h2-8,17H,9,20H2,1H3. The second kappa shape index (κ2) is 5.89. The maximum Gasteiger partial charge on any atom is 0.263 e. The predicted octanol–water partition coefficient (Wildman–Crippen LogP) is 2.99. The fourth-order valence-corrected chi connectivity index (χ4v) is 2.67. The molecule has 0 unspecified atom stereocenters. The topological polar surface area (TPSA) is 58.7 Å². The summed E-state index contributed by atoms with van der Waals surface area (Å²) in [5.41, 5.74) is 2.98. The molecule has 0 fully saturated rings. The van der Waals surface area contributed by atoms with Crippen LogP contribution in [0.5, 0.6) is 0 Å². The van der Waals surface area contributed by atoms with Gasteiger partial charge in [0.25, 0.3) is 12.3 Å². The van der Waals surface area contributed by atoms with E-state index in [2.05, 4.69) is 4.99 Å². The van der Waals surface area contributed by atoms with Gasteiger partial charge in [0, 0.05) is 16.7 Å². The van der Waals surface area contributed by atoms with E-state index in [1.165, 1.54) is 12.1 Å². The zero-order valence-corrected chi connectivity index (χ0v) is 12.5. The molecular weight excluding hydrogens is 300 g/mol. The summed E-state index contributed by atoms with van der Waals surface area (Å²) in [5.74, 6) is 5.55. The Labute approximate surface area is 132 Å². The van der Waals surface area contributed by atoms with E-state index in [0.717, 1.165) is 10.6 Å². The molecule has 1 aliphatic heterocycles. The van der Waals surface area contributed by atoms with Crippen molar-refractivity contribution in [3.05, 3.63) is 64.7 Å². The van der Waals surface area contributed by atoms with Crippen molar-refractivity contribution in [1.29, 1.82) is 0 Å². The highest BCUT2D eigenvalue weighted by molar-refractivity contribution is 6.19. The Kier molecular flexibility index (Phi) is 3.92. The molecule has 4 nitrogen and oxygen atoms in total. The number of alkyl halides is 2. The lowest BCUT2D eigenvalue weighted by Crippen LogP contribution is -2.39. The molecule has 0 aromatic heterocycles. The molecule has 2 aromatic rings. The SMILES string of the molecule is Cc1cccc2c1N(N)C(=O)CN=C2c1cccc(C(F)F)c1. The van der Waals surface area contributed by atoms with Gasteiger partial charge in [-0.1, -0.05) is 36.4 Å². The summed E-state index contributed by atoms with van der Waals surface area (Å²) >= 11 is 0. The van der Waals surface area contributed by atoms with Gasteiger partial charge in [-0.25, -0.2) is 19.6 Å². The number of para-hydroxylation sites is 1. The number of hydrogen-bond acceptors (Lipinski definition) is 3. The number of aryl methyl sites for hydroxylation is 1. The van der Waals surface area contributed by atoms with Crippen molar-refractivity contribution >= 4 is 17.3 Å². The van der Waals surface area contributed by atoms with E-state index < -0.39 is 6.43 Å². The van der Waals surface area contributed by atoms with Gasteiger partial charge in [-0.05, 0) is 18.6 Å². The van der Waals surface area contributed by atoms with Crippen LogP contribution in [0.2, 0.25) is 0 Å². The number of anilines is 1. The van der Waals surface area contributed by atoms with Crippen molar-refractivity contribution in [2.45, 2.75) is 13.3 Å². The average molecular weight is 315 g/mol. The number of aliphatic imine (C=N–C) groups is 1. The average Bonchev–Trinajstić information content (AvgIpc) is 2.66. The second-order valence-electron chi connectivity index (χ2n) is 5.33. The molecule has 0 aliphatic carbocycles. The highest BCUT2D eigenvalue weighted by Crippen LogP contribution is 2.29. The fraction of sp³-hybridized carbons (Fsp3) is 0.176. The lowest BCUT2D eigenvalue weighted by molar-refractivity contribution is -0.117. The summed E-state index contributed by atoms with van der Waals surface area (Å²) in [6, 6.07) is 11.5. The highest BCUT2D eigenvalue weighted by atomic mass is 19.3. The van der Waals surface area contributed by atoms with Gasteiger partial charge in [0.05, 0.1) is 11.4 Å². The van der Waals surface area contributed by atoms with Gasteiger partial charge in [0.1, 0.15) is 6.54 Å². The van der Waals surface area contributed by atoms with Crippen molar-refractivity contribution in [3.8, 4) is 0 Å². The molecule has 2 aromatic carbocycles. The number of carbonyl (C=O) groups is 1. The number of nitrogens with two attached hydrogens (primary N) is 1. The number of fused-ring (bicyclic) bond motifs is 1. The minimum Gasteiger partial charge on any atom is -0.274 e. The molecule has 3 rings (SSSR count). The fourth-order valence-electron chi connectivity index (χ4n) is 2.67. The van der Waals surface area contributed by atoms with Crippen LogP contribution in [0.1, 0.15) is 28.7 Å². The maximum atomic E-state index is 13.0. The molecule has 0 saturated carbocycles. The maximum absolute atomic E-state index is 13.0. The Morgan fingerprint density at radius 2 is 1.96 bits per heavy atom. The molecular formula is C17H15F2N3O. The van der Waals surface area contributed by atoms with Crippen LogP contribution < -0.4 is 10.9 Å². The quantitative estimate of drug-likeness (QED) is 0.684. The van der Waals surface area contributed by atoms with Gasteiger partial charge >= 0.3 is 0 Å². The van der Waals surface area contributed by atoms with E-state index >= 15 is 0 Å². The van der Waals surface area contributed by atoms with E-state index in [4.69, 9.17) is 5.84 Å². The molecule has 0 spiro atoms. The summed E-state index contributed by atoms with van der Waals surface area (Å²) in [6.07, 6.45) is -2.56. The van der Waals surface area contributed by atoms with Crippen molar-refractivity contribution in [1.82, 2.24) is 0 Å². The zero-order chi connectivity index (χ0) is 16.6. The smallest absolute Gasteiger partial charge is 0.263 e. The molecule has 1 amide bonds. The minimum absolute atomic E-state index is 0.0837. The Hall–Kier alpha value is -2.60. The number of hydrogen-bond donors (Lipinski definition) is 1. The monoisotopic (exact) mass is 315 g/mol. The Morgan fingerprint density at radius 3 is 2.70 bits per heavy atom. The molecule has 6 heteroatoms. The number of hydrazine groups is 1. The molecule has 1 heterocycles. The van der Waals surface area contributed by atoms with Crippen LogP contribution in [0.3, 0.4) is 0 Å². The Morgan fingerprint density at radius 1 is 1.22 bits per heavy atom. The van der Waals surface area contributed by atoms with Crippen LogP contribution in [0.4, 0.5) is 14.5 Å². The Bertz CT molecular complexity index is 802. The number of amides is 1. The van der Waals surface area contributed by atoms with Crippen molar-refractivity contribution < 1.29 is 13.6 Å². The van der Waals surface area contributed by atoms with Gasteiger partial charge in [-0.3, -0.25) is 9.79 Å². The predicted molar refractivity (Wildman–Crippen MR) is 84.8 cm³/mol. The van der Waals surface area contributed by atoms with E-state index in [-0.39, 0.29) is 18.0 Å². The second-order valence-corrected chi connectivity index (χ2v) is 5.33. The summed E-state index contributed by atoms with van der Waals surface area (Å²) in [4.78, 5) is 16.4. The summed E-state index contributed by atoms with van der Waals surface area (Å²) in [6.45, 7) is 1.71. The lowest BCUT2D eigenvalue weighted by Gasteiger charge is -2.19. The van der Waals surface area contributed by atoms with E-state index in [1.807, 2.05) is 19.1 Å². The first-order chi connectivity index (χ1) is 11.0. The van der Waals surface area contributed by atoms with Gasteiger partial charge in [-0.15, -0.1) is 0 Å². The highest BCUT2D eigenvalue weighted by Gasteiger charge is 2.24. The molecule has 0 bridgehead atoms. The number of rotatable bonds is 2. The van der Waals surface area contributed by atoms with E-state index in [9.17, 15) is 13.6 Å². The number of halogens is 2. The molecule has 0 saturated heterocycles. The first kappa shape index (κ1) is 15.3. The summed E-state index contributed by atoms with van der Waals surface area (Å²) in [5, 5.41) is 1.08. The van der Waals surface area contributed by atoms with E-state index in [0.29, 0.717) is 22.5 Å². The summed E-state index contributed by atoms with van der Waals surface area (Å²) < 4.78 is 25.9.